The van der Waals surface area contributed by atoms with Crippen LogP contribution in [-0.2, 0) is 0 Å². The molecule has 0 unspecified atom stereocenters. The Morgan fingerprint density at radius 2 is 2.05 bits per heavy atom. The summed E-state index contributed by atoms with van der Waals surface area (Å²) in [6.07, 6.45) is 2.14. The molecule has 0 atom stereocenters. The molecule has 5 nitrogen and oxygen atoms in total. The summed E-state index contributed by atoms with van der Waals surface area (Å²) in [7, 11) is 0. The fraction of sp³-hybridized carbons (Fsp3) is 0.615. The lowest BCUT2D eigenvalue weighted by molar-refractivity contribution is 0.0690. The van der Waals surface area contributed by atoms with Crippen molar-refractivity contribution in [1.82, 2.24) is 9.97 Å². The van der Waals surface area contributed by atoms with Crippen LogP contribution in [0.4, 0.5) is 0 Å². The standard InChI is InChI=1S/C13H18N2O3S/c1-7-9(12(16)17)11(19-6-13(2,3)18)15-10(14-7)8-4-5-8/h8,18H,4-6H2,1-3H3,(H,16,17). The quantitative estimate of drug-likeness (QED) is 0.636. The van der Waals surface area contributed by atoms with Crippen molar-refractivity contribution in [3.8, 4) is 0 Å². The first kappa shape index (κ1) is 14.3. The van der Waals surface area contributed by atoms with Crippen molar-refractivity contribution < 1.29 is 15.0 Å². The van der Waals surface area contributed by atoms with Gasteiger partial charge in [0.2, 0.25) is 0 Å². The number of aromatic carboxylic acids is 1. The summed E-state index contributed by atoms with van der Waals surface area (Å²) >= 11 is 1.27. The number of nitrogens with zero attached hydrogens (tertiary/aromatic N) is 2. The molecule has 2 rings (SSSR count). The maximum Gasteiger partial charge on any atom is 0.340 e. The zero-order chi connectivity index (χ0) is 14.2. The third-order valence-electron chi connectivity index (χ3n) is 2.79. The number of carboxylic acid groups (broad SMARTS) is 1. The first-order valence-electron chi connectivity index (χ1n) is 6.25. The molecule has 0 aromatic carbocycles. The van der Waals surface area contributed by atoms with Gasteiger partial charge in [-0.1, -0.05) is 0 Å². The molecule has 1 aromatic heterocycles. The summed E-state index contributed by atoms with van der Waals surface area (Å²) in [5, 5.41) is 19.5. The Labute approximate surface area is 116 Å². The largest absolute Gasteiger partial charge is 0.478 e. The highest BCUT2D eigenvalue weighted by molar-refractivity contribution is 7.99. The van der Waals surface area contributed by atoms with Gasteiger partial charge in [-0.2, -0.15) is 0 Å². The SMILES string of the molecule is Cc1nc(C2CC2)nc(SCC(C)(C)O)c1C(=O)O. The van der Waals surface area contributed by atoms with Gasteiger partial charge in [-0.3, -0.25) is 0 Å². The zero-order valence-electron chi connectivity index (χ0n) is 11.3. The van der Waals surface area contributed by atoms with E-state index in [2.05, 4.69) is 9.97 Å². The minimum Gasteiger partial charge on any atom is -0.478 e. The van der Waals surface area contributed by atoms with E-state index in [0.717, 1.165) is 18.7 Å². The highest BCUT2D eigenvalue weighted by atomic mass is 32.2. The van der Waals surface area contributed by atoms with Crippen molar-refractivity contribution in [3.63, 3.8) is 0 Å². The van der Waals surface area contributed by atoms with Gasteiger partial charge in [0.1, 0.15) is 16.4 Å². The number of rotatable bonds is 5. The number of thioether (sulfide) groups is 1. The van der Waals surface area contributed by atoms with Crippen molar-refractivity contribution in [2.75, 3.05) is 5.75 Å². The molecular formula is C13H18N2O3S. The Morgan fingerprint density at radius 3 is 2.53 bits per heavy atom. The van der Waals surface area contributed by atoms with Gasteiger partial charge in [0.15, 0.2) is 0 Å². The van der Waals surface area contributed by atoms with Crippen molar-refractivity contribution >= 4 is 17.7 Å². The molecule has 0 amide bonds. The molecule has 0 radical (unpaired) electrons. The second-order valence-corrected chi connectivity index (χ2v) is 6.49. The summed E-state index contributed by atoms with van der Waals surface area (Å²) in [5.41, 5.74) is -0.208. The summed E-state index contributed by atoms with van der Waals surface area (Å²) in [4.78, 5) is 20.0. The minimum absolute atomic E-state index is 0.152. The monoisotopic (exact) mass is 282 g/mol. The predicted octanol–water partition coefficient (Wildman–Crippen LogP) is 2.22. The first-order chi connectivity index (χ1) is 8.78. The van der Waals surface area contributed by atoms with Gasteiger partial charge in [0.05, 0.1) is 11.3 Å². The van der Waals surface area contributed by atoms with Crippen LogP contribution in [0.5, 0.6) is 0 Å². The molecule has 19 heavy (non-hydrogen) atoms. The maximum absolute atomic E-state index is 11.3. The molecule has 0 bridgehead atoms. The van der Waals surface area contributed by atoms with E-state index in [-0.39, 0.29) is 5.56 Å². The normalized spacial score (nSPS) is 15.6. The van der Waals surface area contributed by atoms with Crippen LogP contribution < -0.4 is 0 Å². The second-order valence-electron chi connectivity index (χ2n) is 5.53. The Hall–Kier alpha value is -1.14. The van der Waals surface area contributed by atoms with E-state index in [1.807, 2.05) is 0 Å². The number of aryl methyl sites for hydroxylation is 1. The van der Waals surface area contributed by atoms with Crippen LogP contribution in [0.15, 0.2) is 5.03 Å². The van der Waals surface area contributed by atoms with Crippen molar-refractivity contribution in [2.24, 2.45) is 0 Å². The van der Waals surface area contributed by atoms with E-state index in [9.17, 15) is 15.0 Å². The maximum atomic E-state index is 11.3. The average molecular weight is 282 g/mol. The van der Waals surface area contributed by atoms with E-state index in [1.54, 1.807) is 20.8 Å². The van der Waals surface area contributed by atoms with Gasteiger partial charge in [0.25, 0.3) is 0 Å². The Kier molecular flexibility index (Phi) is 3.82. The molecule has 0 saturated heterocycles. The van der Waals surface area contributed by atoms with E-state index in [0.29, 0.717) is 22.4 Å². The van der Waals surface area contributed by atoms with E-state index in [1.165, 1.54) is 11.8 Å². The molecule has 1 fully saturated rings. The molecule has 6 heteroatoms. The minimum atomic E-state index is -1.02. The van der Waals surface area contributed by atoms with Crippen LogP contribution in [0.2, 0.25) is 0 Å². The number of aromatic nitrogens is 2. The molecule has 1 saturated carbocycles. The van der Waals surface area contributed by atoms with Crippen LogP contribution in [0.3, 0.4) is 0 Å². The molecular weight excluding hydrogens is 264 g/mol. The van der Waals surface area contributed by atoms with Crippen molar-refractivity contribution in [3.05, 3.63) is 17.1 Å². The van der Waals surface area contributed by atoms with Gasteiger partial charge < -0.3 is 10.2 Å². The highest BCUT2D eigenvalue weighted by Crippen LogP contribution is 2.39. The average Bonchev–Trinajstić information content (AvgIpc) is 3.07. The lowest BCUT2D eigenvalue weighted by Gasteiger charge is -2.17. The Balaban J connectivity index is 2.33. The summed E-state index contributed by atoms with van der Waals surface area (Å²) in [6.45, 7) is 5.08. The number of aliphatic hydroxyl groups is 1. The Morgan fingerprint density at radius 1 is 1.42 bits per heavy atom. The summed E-state index contributed by atoms with van der Waals surface area (Å²) in [6, 6.07) is 0. The Bertz CT molecular complexity index is 507. The number of carbonyl (C=O) groups is 1. The van der Waals surface area contributed by atoms with Crippen LogP contribution in [0.25, 0.3) is 0 Å². The number of carboxylic acids is 1. The molecule has 1 aromatic rings. The third kappa shape index (κ3) is 3.67. The summed E-state index contributed by atoms with van der Waals surface area (Å²) < 4.78 is 0. The summed E-state index contributed by atoms with van der Waals surface area (Å²) in [5.74, 6) is 0.496. The molecule has 1 aliphatic rings. The lowest BCUT2D eigenvalue weighted by atomic mass is 10.2. The first-order valence-corrected chi connectivity index (χ1v) is 7.23. The lowest BCUT2D eigenvalue weighted by Crippen LogP contribution is -2.22. The molecule has 0 spiro atoms. The zero-order valence-corrected chi connectivity index (χ0v) is 12.1. The van der Waals surface area contributed by atoms with Gasteiger partial charge >= 0.3 is 5.97 Å². The van der Waals surface area contributed by atoms with Crippen LogP contribution in [0, 0.1) is 6.92 Å². The van der Waals surface area contributed by atoms with Gasteiger partial charge in [-0.25, -0.2) is 14.8 Å². The topological polar surface area (TPSA) is 83.3 Å². The fourth-order valence-electron chi connectivity index (χ4n) is 1.69. The number of hydrogen-bond acceptors (Lipinski definition) is 5. The van der Waals surface area contributed by atoms with E-state index < -0.39 is 11.6 Å². The molecule has 1 heterocycles. The van der Waals surface area contributed by atoms with Crippen molar-refractivity contribution in [2.45, 2.75) is 50.2 Å². The highest BCUT2D eigenvalue weighted by Gasteiger charge is 2.29. The number of hydrogen-bond donors (Lipinski definition) is 2. The van der Waals surface area contributed by atoms with Crippen molar-refractivity contribution in [1.29, 1.82) is 0 Å². The predicted molar refractivity (Wildman–Crippen MR) is 72.7 cm³/mol. The van der Waals surface area contributed by atoms with Gasteiger partial charge in [-0.15, -0.1) is 11.8 Å². The smallest absolute Gasteiger partial charge is 0.340 e. The van der Waals surface area contributed by atoms with Gasteiger partial charge in [0, 0.05) is 11.7 Å². The second kappa shape index (κ2) is 5.09. The molecule has 1 aliphatic carbocycles. The molecule has 2 N–H and O–H groups in total. The van der Waals surface area contributed by atoms with Crippen LogP contribution >= 0.6 is 11.8 Å². The van der Waals surface area contributed by atoms with Crippen LogP contribution in [-0.4, -0.2) is 37.5 Å². The van der Waals surface area contributed by atoms with E-state index >= 15 is 0 Å². The molecule has 0 aliphatic heterocycles. The van der Waals surface area contributed by atoms with Crippen LogP contribution in [0.1, 0.15) is 54.5 Å². The molecule has 104 valence electrons. The fourth-order valence-corrected chi connectivity index (χ4v) is 2.71. The third-order valence-corrected chi connectivity index (χ3v) is 4.21. The van der Waals surface area contributed by atoms with Gasteiger partial charge in [-0.05, 0) is 33.6 Å². The van der Waals surface area contributed by atoms with E-state index in [4.69, 9.17) is 0 Å².